The Bertz CT molecular complexity index is 1060. The maximum Gasteiger partial charge on any atom is 0.255 e. The molecule has 0 radical (unpaired) electrons. The molecule has 0 spiro atoms. The smallest absolute Gasteiger partial charge is 0.255 e. The summed E-state index contributed by atoms with van der Waals surface area (Å²) in [6.45, 7) is 3.89. The molecule has 0 bridgehead atoms. The number of nitrogens with zero attached hydrogens (tertiary/aromatic N) is 1. The van der Waals surface area contributed by atoms with E-state index < -0.39 is 0 Å². The number of rotatable bonds is 3. The molecule has 0 fully saturated rings. The van der Waals surface area contributed by atoms with Crippen molar-refractivity contribution < 1.29 is 4.79 Å². The lowest BCUT2D eigenvalue weighted by Gasteiger charge is -2.10. The number of nitrogens with one attached hydrogen (secondary N) is 2. The zero-order chi connectivity index (χ0) is 18.0. The van der Waals surface area contributed by atoms with Gasteiger partial charge in [0, 0.05) is 22.2 Å². The monoisotopic (exact) mass is 331 g/mol. The highest BCUT2D eigenvalue weighted by atomic mass is 16.1. The van der Waals surface area contributed by atoms with E-state index >= 15 is 0 Å². The predicted molar refractivity (Wildman–Crippen MR) is 97.8 cm³/mol. The summed E-state index contributed by atoms with van der Waals surface area (Å²) < 4.78 is 0. The number of nitriles is 1. The van der Waals surface area contributed by atoms with Crippen LogP contribution in [0.5, 0.6) is 0 Å². The average molecular weight is 331 g/mol. The Morgan fingerprint density at radius 2 is 1.92 bits per heavy atom. The highest BCUT2D eigenvalue weighted by Crippen LogP contribution is 2.22. The van der Waals surface area contributed by atoms with Gasteiger partial charge in [-0.2, -0.15) is 5.26 Å². The number of H-pyrrole nitrogens is 1. The summed E-state index contributed by atoms with van der Waals surface area (Å²) in [4.78, 5) is 27.3. The summed E-state index contributed by atoms with van der Waals surface area (Å²) in [6, 6.07) is 13.9. The van der Waals surface area contributed by atoms with Gasteiger partial charge in [-0.05, 0) is 55.3 Å². The summed E-state index contributed by atoms with van der Waals surface area (Å²) in [5, 5.41) is 12.6. The van der Waals surface area contributed by atoms with Crippen LogP contribution in [0.25, 0.3) is 10.9 Å². The average Bonchev–Trinajstić information content (AvgIpc) is 2.62. The van der Waals surface area contributed by atoms with Crippen LogP contribution in [-0.4, -0.2) is 10.9 Å². The third kappa shape index (κ3) is 3.15. The Morgan fingerprint density at radius 3 is 2.56 bits per heavy atom. The fourth-order valence-electron chi connectivity index (χ4n) is 2.91. The van der Waals surface area contributed by atoms with Gasteiger partial charge >= 0.3 is 0 Å². The molecule has 0 saturated heterocycles. The lowest BCUT2D eigenvalue weighted by atomic mass is 10.0. The van der Waals surface area contributed by atoms with Gasteiger partial charge in [-0.3, -0.25) is 9.59 Å². The number of carbonyl (C=O) groups excluding carboxylic acids is 1. The number of hydrogen-bond donors (Lipinski definition) is 2. The van der Waals surface area contributed by atoms with Crippen LogP contribution in [0.4, 0.5) is 5.69 Å². The first kappa shape index (κ1) is 16.5. The topological polar surface area (TPSA) is 85.8 Å². The molecule has 124 valence electrons. The zero-order valence-corrected chi connectivity index (χ0v) is 14.0. The largest absolute Gasteiger partial charge is 0.322 e. The summed E-state index contributed by atoms with van der Waals surface area (Å²) in [6.07, 6.45) is 0.675. The van der Waals surface area contributed by atoms with Gasteiger partial charge in [-0.25, -0.2) is 0 Å². The maximum absolute atomic E-state index is 12.3. The van der Waals surface area contributed by atoms with Crippen molar-refractivity contribution in [1.29, 1.82) is 5.26 Å². The number of benzene rings is 2. The van der Waals surface area contributed by atoms with E-state index in [0.29, 0.717) is 28.8 Å². The number of aromatic nitrogens is 1. The fraction of sp³-hybridized carbons (Fsp3) is 0.150. The van der Waals surface area contributed by atoms with Crippen molar-refractivity contribution in [3.05, 3.63) is 75.1 Å². The van der Waals surface area contributed by atoms with Crippen molar-refractivity contribution in [3.63, 3.8) is 0 Å². The van der Waals surface area contributed by atoms with Crippen molar-refractivity contribution >= 4 is 22.5 Å². The molecule has 0 aliphatic carbocycles. The molecular formula is C20H17N3O2. The Labute approximate surface area is 144 Å². The number of anilines is 1. The number of fused-ring (bicyclic) bond motifs is 1. The van der Waals surface area contributed by atoms with E-state index in [1.54, 1.807) is 30.3 Å². The van der Waals surface area contributed by atoms with Crippen molar-refractivity contribution in [2.75, 3.05) is 5.32 Å². The molecule has 3 aromatic rings. The number of carbonyl (C=O) groups is 1. The van der Waals surface area contributed by atoms with Crippen LogP contribution in [0.3, 0.4) is 0 Å². The van der Waals surface area contributed by atoms with Gasteiger partial charge in [0.25, 0.3) is 11.5 Å². The third-order valence-corrected chi connectivity index (χ3v) is 4.29. The Kier molecular flexibility index (Phi) is 4.36. The third-order valence-electron chi connectivity index (χ3n) is 4.29. The minimum atomic E-state index is -0.270. The van der Waals surface area contributed by atoms with Crippen LogP contribution in [0.15, 0.2) is 47.3 Å². The predicted octanol–water partition coefficient (Wildman–Crippen LogP) is 3.52. The van der Waals surface area contributed by atoms with Gasteiger partial charge in [-0.1, -0.05) is 13.0 Å². The first-order chi connectivity index (χ1) is 12.0. The van der Waals surface area contributed by atoms with Gasteiger partial charge in [0.1, 0.15) is 0 Å². The van der Waals surface area contributed by atoms with E-state index in [1.807, 2.05) is 32.0 Å². The van der Waals surface area contributed by atoms with Gasteiger partial charge < -0.3 is 10.3 Å². The van der Waals surface area contributed by atoms with Gasteiger partial charge in [0.2, 0.25) is 0 Å². The first-order valence-corrected chi connectivity index (χ1v) is 8.00. The zero-order valence-electron chi connectivity index (χ0n) is 14.0. The van der Waals surface area contributed by atoms with Crippen LogP contribution in [0, 0.1) is 18.3 Å². The first-order valence-electron chi connectivity index (χ1n) is 8.00. The van der Waals surface area contributed by atoms with Crippen molar-refractivity contribution in [1.82, 2.24) is 4.98 Å². The number of aryl methyl sites for hydroxylation is 1. The molecule has 0 aliphatic heterocycles. The molecule has 5 heteroatoms. The number of aromatic amines is 1. The molecule has 0 saturated carbocycles. The summed E-state index contributed by atoms with van der Waals surface area (Å²) in [5.41, 5.74) is 3.90. The molecule has 0 atom stereocenters. The van der Waals surface area contributed by atoms with Crippen LogP contribution in [0.2, 0.25) is 0 Å². The van der Waals surface area contributed by atoms with Crippen LogP contribution >= 0.6 is 0 Å². The van der Waals surface area contributed by atoms with Gasteiger partial charge in [-0.15, -0.1) is 0 Å². The van der Waals surface area contributed by atoms with Crippen molar-refractivity contribution in [2.45, 2.75) is 20.3 Å². The number of amides is 1. The van der Waals surface area contributed by atoms with E-state index in [2.05, 4.69) is 10.3 Å². The number of pyridine rings is 1. The molecule has 2 N–H and O–H groups in total. The molecule has 1 aromatic heterocycles. The quantitative estimate of drug-likeness (QED) is 0.770. The SMILES string of the molecule is CCc1c(C)c2ccc(NC(=O)c3ccc(C#N)cc3)cc2[nH]c1=O. The Balaban J connectivity index is 1.93. The van der Waals surface area contributed by atoms with Crippen LogP contribution in [-0.2, 0) is 6.42 Å². The second-order valence-electron chi connectivity index (χ2n) is 5.81. The summed E-state index contributed by atoms with van der Waals surface area (Å²) in [5.74, 6) is -0.270. The van der Waals surface area contributed by atoms with E-state index in [-0.39, 0.29) is 11.5 Å². The van der Waals surface area contributed by atoms with Crippen LogP contribution in [0.1, 0.15) is 34.0 Å². The lowest BCUT2D eigenvalue weighted by Crippen LogP contribution is -2.15. The minimum Gasteiger partial charge on any atom is -0.322 e. The van der Waals surface area contributed by atoms with Gasteiger partial charge in [0.05, 0.1) is 17.1 Å². The highest BCUT2D eigenvalue weighted by Gasteiger charge is 2.10. The van der Waals surface area contributed by atoms with E-state index in [4.69, 9.17) is 5.26 Å². The molecule has 3 rings (SSSR count). The minimum absolute atomic E-state index is 0.0944. The number of hydrogen-bond acceptors (Lipinski definition) is 3. The molecule has 2 aromatic carbocycles. The highest BCUT2D eigenvalue weighted by molar-refractivity contribution is 6.05. The standard InChI is InChI=1S/C20H17N3O2/c1-3-16-12(2)17-9-8-15(10-18(17)23-20(16)25)22-19(24)14-6-4-13(11-21)5-7-14/h4-10H,3H2,1-2H3,(H,22,24)(H,23,25). The molecule has 1 heterocycles. The van der Waals surface area contributed by atoms with Crippen LogP contribution < -0.4 is 10.9 Å². The van der Waals surface area contributed by atoms with Gasteiger partial charge in [0.15, 0.2) is 0 Å². The fourth-order valence-corrected chi connectivity index (χ4v) is 2.91. The Morgan fingerprint density at radius 1 is 1.20 bits per heavy atom. The summed E-state index contributed by atoms with van der Waals surface area (Å²) in [7, 11) is 0. The van der Waals surface area contributed by atoms with E-state index in [9.17, 15) is 9.59 Å². The molecular weight excluding hydrogens is 314 g/mol. The van der Waals surface area contributed by atoms with E-state index in [1.165, 1.54) is 0 Å². The molecule has 25 heavy (non-hydrogen) atoms. The summed E-state index contributed by atoms with van der Waals surface area (Å²) >= 11 is 0. The second-order valence-corrected chi connectivity index (χ2v) is 5.81. The van der Waals surface area contributed by atoms with Crippen molar-refractivity contribution in [3.8, 4) is 6.07 Å². The Hall–Kier alpha value is -3.39. The maximum atomic E-state index is 12.3. The molecule has 0 aliphatic rings. The van der Waals surface area contributed by atoms with E-state index in [0.717, 1.165) is 16.5 Å². The lowest BCUT2D eigenvalue weighted by molar-refractivity contribution is 0.102. The second kappa shape index (κ2) is 6.62. The van der Waals surface area contributed by atoms with Crippen molar-refractivity contribution in [2.24, 2.45) is 0 Å². The molecule has 1 amide bonds. The normalized spacial score (nSPS) is 10.4. The molecule has 0 unspecified atom stereocenters. The molecule has 5 nitrogen and oxygen atoms in total.